The van der Waals surface area contributed by atoms with Gasteiger partial charge in [0, 0.05) is 48.4 Å². The molecule has 0 nitrogen and oxygen atoms in total. The van der Waals surface area contributed by atoms with E-state index in [1.807, 2.05) is 40.1 Å². The van der Waals surface area contributed by atoms with Gasteiger partial charge >= 0.3 is 6.00 Å². The summed E-state index contributed by atoms with van der Waals surface area (Å²) in [7, 11) is 0. The molecule has 0 aliphatic rings. The highest BCUT2D eigenvalue weighted by Gasteiger charge is 2.30. The van der Waals surface area contributed by atoms with Crippen LogP contribution in [0, 0.1) is 0 Å². The fourth-order valence-electron chi connectivity index (χ4n) is 4.16. The van der Waals surface area contributed by atoms with E-state index in [4.69, 9.17) is 33.2 Å². The summed E-state index contributed by atoms with van der Waals surface area (Å²) >= 11 is 27.7. The van der Waals surface area contributed by atoms with Gasteiger partial charge in [-0.3, -0.25) is 0 Å². The highest BCUT2D eigenvalue weighted by molar-refractivity contribution is 7.73. The zero-order chi connectivity index (χ0) is 25.8. The van der Waals surface area contributed by atoms with Gasteiger partial charge in [-0.2, -0.15) is 0 Å². The summed E-state index contributed by atoms with van der Waals surface area (Å²) in [5, 5.41) is 0. The predicted molar refractivity (Wildman–Crippen MR) is 178 cm³/mol. The van der Waals surface area contributed by atoms with Crippen molar-refractivity contribution < 1.29 is 0 Å². The smallest absolute Gasteiger partial charge is 0.140 e. The molecule has 0 unspecified atom stereocenters. The topological polar surface area (TPSA) is 0 Å². The van der Waals surface area contributed by atoms with Crippen molar-refractivity contribution in [1.29, 1.82) is 0 Å². The Kier molecular flexibility index (Phi) is 9.76. The fraction of sp³-hybridized carbons (Fsp3) is 0.286. The Bertz CT molecular complexity index is 1430. The standard InChI is InChI=1S/C28H27Cl3S5Si/c1-2-3-4-5-6-7-8-19-9-10-20(32-19)21-11-12-22(33-21)23-13-14-24(34-23)25-15-16-26(35-25)27-17-18-28(36-27)37(29,30)31/h9-18H,2-8H2,1H3. The van der Waals surface area contributed by atoms with E-state index in [-0.39, 0.29) is 0 Å². The summed E-state index contributed by atoms with van der Waals surface area (Å²) in [6.07, 6.45) is 9.33. The van der Waals surface area contributed by atoms with Crippen LogP contribution in [0.15, 0.2) is 60.7 Å². The average molecular weight is 658 g/mol. The van der Waals surface area contributed by atoms with Gasteiger partial charge in [-0.25, -0.2) is 0 Å². The quantitative estimate of drug-likeness (QED) is 0.0711. The molecule has 37 heavy (non-hydrogen) atoms. The largest absolute Gasteiger partial charge is 0.383 e. The molecule has 0 amide bonds. The Morgan fingerprint density at radius 1 is 0.486 bits per heavy atom. The molecule has 0 saturated carbocycles. The molecule has 9 heteroatoms. The van der Waals surface area contributed by atoms with E-state index in [0.717, 1.165) is 9.38 Å². The predicted octanol–water partition coefficient (Wildman–Crippen LogP) is 12.4. The highest BCUT2D eigenvalue weighted by Crippen LogP contribution is 2.44. The molecule has 0 aliphatic carbocycles. The first-order valence-electron chi connectivity index (χ1n) is 12.5. The monoisotopic (exact) mass is 656 g/mol. The van der Waals surface area contributed by atoms with Gasteiger partial charge in [0.25, 0.3) is 0 Å². The van der Waals surface area contributed by atoms with Crippen molar-refractivity contribution in [3.63, 3.8) is 0 Å². The Morgan fingerprint density at radius 3 is 1.38 bits per heavy atom. The van der Waals surface area contributed by atoms with Gasteiger partial charge in [0.1, 0.15) is 0 Å². The second-order valence-electron chi connectivity index (χ2n) is 8.94. The molecule has 0 radical (unpaired) electrons. The molecular formula is C28H27Cl3S5Si. The van der Waals surface area contributed by atoms with E-state index >= 15 is 0 Å². The molecule has 0 spiro atoms. The second kappa shape index (κ2) is 12.8. The van der Waals surface area contributed by atoms with Crippen LogP contribution < -0.4 is 4.50 Å². The number of rotatable bonds is 12. The number of halogens is 3. The summed E-state index contributed by atoms with van der Waals surface area (Å²) in [4.78, 5) is 11.9. The van der Waals surface area contributed by atoms with Crippen molar-refractivity contribution in [2.75, 3.05) is 0 Å². The van der Waals surface area contributed by atoms with Gasteiger partial charge in [-0.1, -0.05) is 39.0 Å². The minimum Gasteiger partial charge on any atom is -0.140 e. The van der Waals surface area contributed by atoms with Crippen LogP contribution >= 0.6 is 89.9 Å². The molecule has 194 valence electrons. The van der Waals surface area contributed by atoms with E-state index in [1.54, 1.807) is 22.7 Å². The fourth-order valence-corrected chi connectivity index (χ4v) is 12.0. The number of hydrogen-bond acceptors (Lipinski definition) is 5. The summed E-state index contributed by atoms with van der Waals surface area (Å²) in [5.74, 6) is 0. The molecule has 5 heterocycles. The van der Waals surface area contributed by atoms with Crippen LogP contribution in [0.4, 0.5) is 0 Å². The lowest BCUT2D eigenvalue weighted by Gasteiger charge is -2.02. The maximum absolute atomic E-state index is 6.19. The first-order valence-corrected chi connectivity index (χ1v) is 21.6. The van der Waals surface area contributed by atoms with Gasteiger partial charge in [0.05, 0.1) is 0 Å². The Labute approximate surface area is 254 Å². The maximum Gasteiger partial charge on any atom is 0.383 e. The number of unbranched alkanes of at least 4 members (excludes halogenated alkanes) is 5. The van der Waals surface area contributed by atoms with Crippen LogP contribution in [-0.4, -0.2) is 6.00 Å². The molecule has 0 N–H and O–H groups in total. The molecule has 0 saturated heterocycles. The molecule has 0 aliphatic heterocycles. The van der Waals surface area contributed by atoms with Crippen LogP contribution in [0.2, 0.25) is 0 Å². The van der Waals surface area contributed by atoms with E-state index in [2.05, 4.69) is 61.5 Å². The zero-order valence-corrected chi connectivity index (χ0v) is 27.7. The molecule has 0 aromatic carbocycles. The van der Waals surface area contributed by atoms with Crippen LogP contribution in [-0.2, 0) is 6.42 Å². The minimum atomic E-state index is -2.83. The zero-order valence-electron chi connectivity index (χ0n) is 20.4. The maximum atomic E-state index is 6.19. The summed E-state index contributed by atoms with van der Waals surface area (Å²) < 4.78 is 0.884. The van der Waals surface area contributed by atoms with Crippen molar-refractivity contribution >= 4 is 100 Å². The summed E-state index contributed by atoms with van der Waals surface area (Å²) in [6, 6.07) is 19.3. The summed E-state index contributed by atoms with van der Waals surface area (Å²) in [5.41, 5.74) is 0. The van der Waals surface area contributed by atoms with E-state index in [9.17, 15) is 0 Å². The van der Waals surface area contributed by atoms with Crippen molar-refractivity contribution in [3.8, 4) is 39.0 Å². The third kappa shape index (κ3) is 7.22. The minimum absolute atomic E-state index is 0.884. The van der Waals surface area contributed by atoms with Gasteiger partial charge < -0.3 is 0 Å². The average Bonchev–Trinajstić information content (AvgIpc) is 3.69. The molecule has 0 atom stereocenters. The number of hydrogen-bond donors (Lipinski definition) is 0. The van der Waals surface area contributed by atoms with Crippen molar-refractivity contribution in [1.82, 2.24) is 0 Å². The Hall–Kier alpha value is -0.413. The Balaban J connectivity index is 1.22. The normalized spacial score (nSPS) is 12.0. The number of thiophene rings is 5. The SMILES string of the molecule is CCCCCCCCc1ccc(-c2ccc(-c3ccc(-c4ccc(-c5ccc([Si](Cl)(Cl)Cl)s5)s4)s3)s2)s1. The molecule has 0 bridgehead atoms. The third-order valence-corrected chi connectivity index (χ3v) is 17.0. The van der Waals surface area contributed by atoms with Crippen molar-refractivity contribution in [2.24, 2.45) is 0 Å². The van der Waals surface area contributed by atoms with Crippen LogP contribution in [0.5, 0.6) is 0 Å². The Morgan fingerprint density at radius 2 is 0.892 bits per heavy atom. The van der Waals surface area contributed by atoms with Crippen LogP contribution in [0.1, 0.15) is 50.3 Å². The lowest BCUT2D eigenvalue weighted by atomic mass is 10.1. The van der Waals surface area contributed by atoms with Crippen LogP contribution in [0.3, 0.4) is 0 Å². The van der Waals surface area contributed by atoms with E-state index in [1.165, 1.54) is 84.0 Å². The van der Waals surface area contributed by atoms with Crippen LogP contribution in [0.25, 0.3) is 39.0 Å². The lowest BCUT2D eigenvalue weighted by molar-refractivity contribution is 0.609. The number of aryl methyl sites for hydroxylation is 1. The first kappa shape index (κ1) is 28.1. The highest BCUT2D eigenvalue weighted by atomic mass is 35.8. The van der Waals surface area contributed by atoms with Gasteiger partial charge in [0.15, 0.2) is 0 Å². The molecule has 5 aromatic rings. The summed E-state index contributed by atoms with van der Waals surface area (Å²) in [6.45, 7) is 2.28. The molecular weight excluding hydrogens is 631 g/mol. The van der Waals surface area contributed by atoms with Crippen molar-refractivity contribution in [3.05, 3.63) is 65.5 Å². The molecule has 5 aromatic heterocycles. The first-order chi connectivity index (χ1) is 17.9. The van der Waals surface area contributed by atoms with E-state index in [0.29, 0.717) is 0 Å². The molecule has 5 rings (SSSR count). The van der Waals surface area contributed by atoms with Gasteiger partial charge in [-0.05, 0) is 73.5 Å². The molecule has 0 fully saturated rings. The third-order valence-electron chi connectivity index (χ3n) is 6.11. The van der Waals surface area contributed by atoms with E-state index < -0.39 is 6.00 Å². The van der Waals surface area contributed by atoms with Gasteiger partial charge in [0.2, 0.25) is 0 Å². The second-order valence-corrected chi connectivity index (χ2v) is 23.2. The van der Waals surface area contributed by atoms with Crippen molar-refractivity contribution in [2.45, 2.75) is 51.9 Å². The van der Waals surface area contributed by atoms with Gasteiger partial charge in [-0.15, -0.1) is 89.9 Å². The lowest BCUT2D eigenvalue weighted by Crippen LogP contribution is -2.26.